The van der Waals surface area contributed by atoms with Gasteiger partial charge in [0.15, 0.2) is 5.58 Å². The van der Waals surface area contributed by atoms with Crippen molar-refractivity contribution in [2.24, 2.45) is 0 Å². The minimum atomic E-state index is 0.185. The maximum atomic E-state index is 9.39. The van der Waals surface area contributed by atoms with E-state index in [-0.39, 0.29) is 5.75 Å². The van der Waals surface area contributed by atoms with E-state index in [0.717, 1.165) is 17.8 Å². The molecule has 1 aliphatic carbocycles. The van der Waals surface area contributed by atoms with E-state index in [1.165, 1.54) is 0 Å². The first-order valence-electron chi connectivity index (χ1n) is 5.97. The summed E-state index contributed by atoms with van der Waals surface area (Å²) in [6.45, 7) is 0. The van der Waals surface area contributed by atoms with Gasteiger partial charge in [-0.15, -0.1) is 0 Å². The van der Waals surface area contributed by atoms with Crippen molar-refractivity contribution in [2.75, 3.05) is 7.11 Å². The van der Waals surface area contributed by atoms with Crippen LogP contribution in [0.25, 0.3) is 17.2 Å². The highest BCUT2D eigenvalue weighted by Crippen LogP contribution is 2.23. The summed E-state index contributed by atoms with van der Waals surface area (Å²) in [6, 6.07) is 4.87. The van der Waals surface area contributed by atoms with E-state index in [1.807, 2.05) is 24.3 Å². The second kappa shape index (κ2) is 4.65. The molecule has 0 spiro atoms. The number of fused-ring (bicyclic) bond motifs is 1. The average Bonchev–Trinajstić information content (AvgIpc) is 2.81. The number of allylic oxidation sites excluding steroid dienone is 4. The van der Waals surface area contributed by atoms with Crippen molar-refractivity contribution < 1.29 is 14.3 Å². The molecule has 96 valence electrons. The van der Waals surface area contributed by atoms with E-state index < -0.39 is 0 Å². The van der Waals surface area contributed by atoms with Gasteiger partial charge in [-0.25, -0.2) is 4.98 Å². The number of hydrogen-bond donors (Lipinski definition) is 1. The monoisotopic (exact) mass is 255 g/mol. The van der Waals surface area contributed by atoms with Gasteiger partial charge in [0.1, 0.15) is 17.0 Å². The molecule has 1 heterocycles. The summed E-state index contributed by atoms with van der Waals surface area (Å²) >= 11 is 0. The van der Waals surface area contributed by atoms with E-state index in [0.29, 0.717) is 17.0 Å². The number of rotatable bonds is 2. The Hall–Kier alpha value is -2.49. The molecule has 4 nitrogen and oxygen atoms in total. The molecule has 1 aromatic heterocycles. The van der Waals surface area contributed by atoms with Crippen LogP contribution >= 0.6 is 0 Å². The second-order valence-corrected chi connectivity index (χ2v) is 4.27. The number of methoxy groups -OCH3 is 1. The quantitative estimate of drug-likeness (QED) is 0.893. The maximum absolute atomic E-state index is 9.39. The molecule has 3 rings (SSSR count). The number of phenols is 1. The summed E-state index contributed by atoms with van der Waals surface area (Å²) < 4.78 is 10.7. The van der Waals surface area contributed by atoms with Crippen LogP contribution in [-0.4, -0.2) is 17.2 Å². The van der Waals surface area contributed by atoms with Gasteiger partial charge >= 0.3 is 0 Å². The fourth-order valence-electron chi connectivity index (χ4n) is 1.96. The van der Waals surface area contributed by atoms with Gasteiger partial charge in [-0.3, -0.25) is 0 Å². The fourth-order valence-corrected chi connectivity index (χ4v) is 1.96. The van der Waals surface area contributed by atoms with Gasteiger partial charge < -0.3 is 14.3 Å². The Morgan fingerprint density at radius 1 is 1.37 bits per heavy atom. The van der Waals surface area contributed by atoms with Crippen LogP contribution in [0.5, 0.6) is 5.75 Å². The molecule has 0 amide bonds. The van der Waals surface area contributed by atoms with E-state index in [2.05, 4.69) is 4.98 Å². The van der Waals surface area contributed by atoms with E-state index >= 15 is 0 Å². The number of oxazole rings is 1. The zero-order valence-electron chi connectivity index (χ0n) is 10.5. The molecule has 0 saturated heterocycles. The molecule has 1 N–H and O–H groups in total. The molecule has 0 unspecified atom stereocenters. The number of phenolic OH excluding ortho intramolecular Hbond substituents is 1. The van der Waals surface area contributed by atoms with Crippen LogP contribution in [0.15, 0.2) is 52.2 Å². The molecule has 0 saturated carbocycles. The number of ether oxygens (including phenoxy) is 1. The minimum absolute atomic E-state index is 0.185. The third-order valence-electron chi connectivity index (χ3n) is 2.93. The van der Waals surface area contributed by atoms with E-state index in [1.54, 1.807) is 25.3 Å². The molecule has 0 fully saturated rings. The van der Waals surface area contributed by atoms with Crippen LogP contribution in [0.2, 0.25) is 0 Å². The lowest BCUT2D eigenvalue weighted by molar-refractivity contribution is 0.304. The fraction of sp³-hybridized carbons (Fsp3) is 0.133. The normalized spacial score (nSPS) is 16.9. The largest absolute Gasteiger partial charge is 0.508 e. The van der Waals surface area contributed by atoms with Crippen LogP contribution in [-0.2, 0) is 4.74 Å². The lowest BCUT2D eigenvalue weighted by Gasteiger charge is -2.06. The first-order chi connectivity index (χ1) is 9.24. The predicted octanol–water partition coefficient (Wildman–Crippen LogP) is 3.41. The highest BCUT2D eigenvalue weighted by atomic mass is 16.5. The number of aromatic nitrogens is 1. The Labute approximate surface area is 110 Å². The lowest BCUT2D eigenvalue weighted by atomic mass is 10.1. The van der Waals surface area contributed by atoms with Crippen molar-refractivity contribution in [1.82, 2.24) is 4.98 Å². The van der Waals surface area contributed by atoms with Crippen molar-refractivity contribution in [3.63, 3.8) is 0 Å². The van der Waals surface area contributed by atoms with Gasteiger partial charge in [0.2, 0.25) is 5.89 Å². The summed E-state index contributed by atoms with van der Waals surface area (Å²) in [5.41, 5.74) is 2.41. The minimum Gasteiger partial charge on any atom is -0.508 e. The molecule has 0 aliphatic heterocycles. The van der Waals surface area contributed by atoms with Crippen molar-refractivity contribution >= 4 is 17.2 Å². The first kappa shape index (κ1) is 11.6. The summed E-state index contributed by atoms with van der Waals surface area (Å²) in [6.07, 6.45) is 8.55. The molecule has 0 atom stereocenters. The zero-order valence-corrected chi connectivity index (χ0v) is 10.5. The van der Waals surface area contributed by atoms with Crippen molar-refractivity contribution in [3.8, 4) is 5.75 Å². The second-order valence-electron chi connectivity index (χ2n) is 4.27. The standard InChI is InChI=1S/C15H13NO3/c1-18-12-5-2-10(3-6-12)8-15-16-13-9-11(17)4-7-14(13)19-15/h2,4-9,17H,3H2,1H3. The maximum Gasteiger partial charge on any atom is 0.220 e. The van der Waals surface area contributed by atoms with E-state index in [4.69, 9.17) is 9.15 Å². The average molecular weight is 255 g/mol. The summed E-state index contributed by atoms with van der Waals surface area (Å²) in [4.78, 5) is 4.32. The van der Waals surface area contributed by atoms with Crippen LogP contribution in [0.1, 0.15) is 12.3 Å². The molecule has 4 heteroatoms. The van der Waals surface area contributed by atoms with Crippen molar-refractivity contribution in [2.45, 2.75) is 6.42 Å². The lowest BCUT2D eigenvalue weighted by Crippen LogP contribution is -1.89. The Morgan fingerprint density at radius 3 is 3.00 bits per heavy atom. The van der Waals surface area contributed by atoms with Gasteiger partial charge in [0.05, 0.1) is 7.11 Å². The zero-order chi connectivity index (χ0) is 13.2. The van der Waals surface area contributed by atoms with Gasteiger partial charge in [-0.2, -0.15) is 0 Å². The SMILES string of the molecule is COC1=CCC(=Cc2nc3cc(O)ccc3o2)C=C1. The first-order valence-corrected chi connectivity index (χ1v) is 5.97. The van der Waals surface area contributed by atoms with Crippen LogP contribution in [0.4, 0.5) is 0 Å². The Morgan fingerprint density at radius 2 is 2.26 bits per heavy atom. The third-order valence-corrected chi connectivity index (χ3v) is 2.93. The van der Waals surface area contributed by atoms with Crippen LogP contribution < -0.4 is 0 Å². The third kappa shape index (κ3) is 2.38. The van der Waals surface area contributed by atoms with Gasteiger partial charge in [-0.1, -0.05) is 6.08 Å². The molecule has 2 aromatic rings. The Balaban J connectivity index is 1.90. The van der Waals surface area contributed by atoms with Crippen molar-refractivity contribution in [1.29, 1.82) is 0 Å². The Kier molecular flexibility index (Phi) is 2.83. The molecular weight excluding hydrogens is 242 g/mol. The summed E-state index contributed by atoms with van der Waals surface area (Å²) in [7, 11) is 1.65. The van der Waals surface area contributed by atoms with Gasteiger partial charge in [0.25, 0.3) is 0 Å². The number of benzene rings is 1. The summed E-state index contributed by atoms with van der Waals surface area (Å²) in [5, 5.41) is 9.39. The molecule has 19 heavy (non-hydrogen) atoms. The molecule has 1 aliphatic rings. The van der Waals surface area contributed by atoms with E-state index in [9.17, 15) is 5.11 Å². The number of nitrogens with zero attached hydrogens (tertiary/aromatic N) is 1. The van der Waals surface area contributed by atoms with Crippen LogP contribution in [0, 0.1) is 0 Å². The van der Waals surface area contributed by atoms with Gasteiger partial charge in [-0.05, 0) is 36.3 Å². The molecule has 1 aromatic carbocycles. The summed E-state index contributed by atoms with van der Waals surface area (Å²) in [5.74, 6) is 1.58. The molecule has 0 radical (unpaired) electrons. The Bertz CT molecular complexity index is 707. The highest BCUT2D eigenvalue weighted by molar-refractivity contribution is 5.75. The highest BCUT2D eigenvalue weighted by Gasteiger charge is 2.06. The molecule has 0 bridgehead atoms. The predicted molar refractivity (Wildman–Crippen MR) is 72.5 cm³/mol. The van der Waals surface area contributed by atoms with Gasteiger partial charge in [0, 0.05) is 12.1 Å². The topological polar surface area (TPSA) is 55.5 Å². The molecular formula is C15H13NO3. The smallest absolute Gasteiger partial charge is 0.220 e. The number of aromatic hydroxyl groups is 1. The van der Waals surface area contributed by atoms with Crippen LogP contribution in [0.3, 0.4) is 0 Å². The number of hydrogen-bond acceptors (Lipinski definition) is 4. The van der Waals surface area contributed by atoms with Crippen molar-refractivity contribution in [3.05, 3.63) is 53.7 Å².